The first kappa shape index (κ1) is 13.2. The van der Waals surface area contributed by atoms with E-state index < -0.39 is 0 Å². The van der Waals surface area contributed by atoms with Crippen LogP contribution in [0.2, 0.25) is 5.02 Å². The number of carbonyl (C=O) groups is 1. The molecule has 1 fully saturated rings. The summed E-state index contributed by atoms with van der Waals surface area (Å²) in [5.41, 5.74) is 6.28. The first-order valence-corrected chi connectivity index (χ1v) is 6.40. The minimum Gasteiger partial charge on any atom is -0.508 e. The predicted octanol–water partition coefficient (Wildman–Crippen LogP) is 1.85. The van der Waals surface area contributed by atoms with Crippen LogP contribution < -0.4 is 5.73 Å². The molecule has 1 saturated heterocycles. The predicted molar refractivity (Wildman–Crippen MR) is 70.8 cm³/mol. The number of halogens is 1. The number of nitrogens with two attached hydrogens (primary N) is 1. The summed E-state index contributed by atoms with van der Waals surface area (Å²) in [6.45, 7) is 3.30. The Morgan fingerprint density at radius 3 is 2.94 bits per heavy atom. The smallest absolute Gasteiger partial charge is 0.255 e. The second-order valence-corrected chi connectivity index (χ2v) is 5.25. The second kappa shape index (κ2) is 5.16. The van der Waals surface area contributed by atoms with E-state index in [9.17, 15) is 9.90 Å². The van der Waals surface area contributed by atoms with Crippen LogP contribution in [0.25, 0.3) is 0 Å². The number of piperidine rings is 1. The zero-order valence-corrected chi connectivity index (χ0v) is 11.0. The maximum atomic E-state index is 12.3. The molecule has 0 saturated carbocycles. The molecule has 4 nitrogen and oxygen atoms in total. The Morgan fingerprint density at radius 1 is 1.56 bits per heavy atom. The molecule has 3 N–H and O–H groups in total. The summed E-state index contributed by atoms with van der Waals surface area (Å²) in [4.78, 5) is 14.1. The molecule has 2 unspecified atom stereocenters. The summed E-state index contributed by atoms with van der Waals surface area (Å²) in [5, 5.41) is 9.79. The van der Waals surface area contributed by atoms with Crippen molar-refractivity contribution in [1.29, 1.82) is 0 Å². The average Bonchev–Trinajstić information content (AvgIpc) is 2.35. The maximum Gasteiger partial charge on any atom is 0.255 e. The highest BCUT2D eigenvalue weighted by atomic mass is 35.5. The van der Waals surface area contributed by atoms with E-state index in [0.717, 1.165) is 6.42 Å². The number of phenolic OH excluding ortho intramolecular Hbond substituents is 1. The lowest BCUT2D eigenvalue weighted by molar-refractivity contribution is 0.0664. The van der Waals surface area contributed by atoms with E-state index in [1.807, 2.05) is 6.92 Å². The van der Waals surface area contributed by atoms with Crippen molar-refractivity contribution < 1.29 is 9.90 Å². The van der Waals surface area contributed by atoms with Crippen LogP contribution in [0.15, 0.2) is 18.2 Å². The molecule has 18 heavy (non-hydrogen) atoms. The molecule has 0 aromatic heterocycles. The lowest BCUT2D eigenvalue weighted by Gasteiger charge is -2.35. The number of nitrogens with zero attached hydrogens (tertiary/aromatic N) is 1. The summed E-state index contributed by atoms with van der Waals surface area (Å²) in [6.07, 6.45) is 0.795. The van der Waals surface area contributed by atoms with Crippen molar-refractivity contribution in [1.82, 2.24) is 4.90 Å². The van der Waals surface area contributed by atoms with Gasteiger partial charge in [-0.3, -0.25) is 4.79 Å². The van der Waals surface area contributed by atoms with Gasteiger partial charge in [0.2, 0.25) is 0 Å². The van der Waals surface area contributed by atoms with Gasteiger partial charge in [-0.2, -0.15) is 0 Å². The third-order valence-electron chi connectivity index (χ3n) is 3.44. The fourth-order valence-electron chi connectivity index (χ4n) is 2.20. The van der Waals surface area contributed by atoms with Crippen LogP contribution in [0.5, 0.6) is 5.75 Å². The number of rotatable bonds is 1. The van der Waals surface area contributed by atoms with Gasteiger partial charge in [-0.05, 0) is 30.5 Å². The molecular weight excluding hydrogens is 252 g/mol. The topological polar surface area (TPSA) is 66.6 Å². The molecular formula is C13H17ClN2O2. The Hall–Kier alpha value is -1.26. The Kier molecular flexibility index (Phi) is 3.78. The largest absolute Gasteiger partial charge is 0.508 e. The molecule has 1 amide bonds. The second-order valence-electron chi connectivity index (χ2n) is 4.85. The molecule has 1 aromatic rings. The highest BCUT2D eigenvalue weighted by molar-refractivity contribution is 6.33. The highest BCUT2D eigenvalue weighted by Crippen LogP contribution is 2.24. The van der Waals surface area contributed by atoms with E-state index >= 15 is 0 Å². The van der Waals surface area contributed by atoms with E-state index in [1.165, 1.54) is 18.2 Å². The summed E-state index contributed by atoms with van der Waals surface area (Å²) < 4.78 is 0. The van der Waals surface area contributed by atoms with E-state index in [0.29, 0.717) is 23.7 Å². The SMILES string of the molecule is CC1CN(C(=O)c2cc(O)ccc2Cl)CCC1N. The number of benzene rings is 1. The molecule has 0 spiro atoms. The zero-order chi connectivity index (χ0) is 13.3. The molecule has 98 valence electrons. The van der Waals surface area contributed by atoms with Gasteiger partial charge in [0.15, 0.2) is 0 Å². The van der Waals surface area contributed by atoms with Gasteiger partial charge >= 0.3 is 0 Å². The monoisotopic (exact) mass is 268 g/mol. The molecule has 1 heterocycles. The number of likely N-dealkylation sites (tertiary alicyclic amines) is 1. The van der Waals surface area contributed by atoms with Crippen molar-refractivity contribution in [3.8, 4) is 5.75 Å². The molecule has 5 heteroatoms. The van der Waals surface area contributed by atoms with Gasteiger partial charge in [-0.25, -0.2) is 0 Å². The van der Waals surface area contributed by atoms with Crippen LogP contribution in [-0.4, -0.2) is 35.0 Å². The van der Waals surface area contributed by atoms with Gasteiger partial charge < -0.3 is 15.7 Å². The van der Waals surface area contributed by atoms with Crippen LogP contribution in [0.4, 0.5) is 0 Å². The summed E-state index contributed by atoms with van der Waals surface area (Å²) >= 11 is 5.99. The fraction of sp³-hybridized carbons (Fsp3) is 0.462. The molecule has 1 aromatic carbocycles. The van der Waals surface area contributed by atoms with Gasteiger partial charge in [-0.15, -0.1) is 0 Å². The first-order valence-electron chi connectivity index (χ1n) is 6.02. The Balaban J connectivity index is 2.19. The summed E-state index contributed by atoms with van der Waals surface area (Å²) in [7, 11) is 0. The molecule has 0 radical (unpaired) electrons. The standard InChI is InChI=1S/C13H17ClN2O2/c1-8-7-16(5-4-12(8)15)13(18)10-6-9(17)2-3-11(10)14/h2-3,6,8,12,17H,4-5,7,15H2,1H3. The number of phenols is 1. The van der Waals surface area contributed by atoms with Crippen molar-refractivity contribution in [2.45, 2.75) is 19.4 Å². The lowest BCUT2D eigenvalue weighted by atomic mass is 9.94. The third kappa shape index (κ3) is 2.60. The zero-order valence-electron chi connectivity index (χ0n) is 10.3. The minimum atomic E-state index is -0.144. The molecule has 0 bridgehead atoms. The normalized spacial score (nSPS) is 24.1. The van der Waals surface area contributed by atoms with Gasteiger partial charge in [0.05, 0.1) is 10.6 Å². The molecule has 1 aliphatic rings. The van der Waals surface area contributed by atoms with Crippen molar-refractivity contribution in [2.24, 2.45) is 11.7 Å². The first-order chi connectivity index (χ1) is 8.49. The van der Waals surface area contributed by atoms with E-state index in [4.69, 9.17) is 17.3 Å². The number of hydrogen-bond donors (Lipinski definition) is 2. The highest BCUT2D eigenvalue weighted by Gasteiger charge is 2.27. The molecule has 2 atom stereocenters. The van der Waals surface area contributed by atoms with E-state index in [1.54, 1.807) is 4.90 Å². The van der Waals surface area contributed by atoms with Crippen molar-refractivity contribution in [3.63, 3.8) is 0 Å². The van der Waals surface area contributed by atoms with Crippen LogP contribution >= 0.6 is 11.6 Å². The van der Waals surface area contributed by atoms with Gasteiger partial charge in [0.25, 0.3) is 5.91 Å². The fourth-order valence-corrected chi connectivity index (χ4v) is 2.39. The Morgan fingerprint density at radius 2 is 2.28 bits per heavy atom. The molecule has 2 rings (SSSR count). The van der Waals surface area contributed by atoms with Crippen LogP contribution in [0.1, 0.15) is 23.7 Å². The Labute approximate surface area is 111 Å². The van der Waals surface area contributed by atoms with Crippen LogP contribution in [-0.2, 0) is 0 Å². The minimum absolute atomic E-state index is 0.0458. The van der Waals surface area contributed by atoms with Crippen LogP contribution in [0, 0.1) is 5.92 Å². The average molecular weight is 269 g/mol. The number of aromatic hydroxyl groups is 1. The van der Waals surface area contributed by atoms with E-state index in [2.05, 4.69) is 0 Å². The van der Waals surface area contributed by atoms with Crippen molar-refractivity contribution in [3.05, 3.63) is 28.8 Å². The summed E-state index contributed by atoms with van der Waals surface area (Å²) in [6, 6.07) is 4.55. The van der Waals surface area contributed by atoms with Gasteiger partial charge in [0.1, 0.15) is 5.75 Å². The van der Waals surface area contributed by atoms with E-state index in [-0.39, 0.29) is 23.6 Å². The maximum absolute atomic E-state index is 12.3. The number of hydrogen-bond acceptors (Lipinski definition) is 3. The van der Waals surface area contributed by atoms with Gasteiger partial charge in [-0.1, -0.05) is 18.5 Å². The summed E-state index contributed by atoms with van der Waals surface area (Å²) in [5.74, 6) is 0.179. The molecule has 1 aliphatic heterocycles. The lowest BCUT2D eigenvalue weighted by Crippen LogP contribution is -2.48. The van der Waals surface area contributed by atoms with Crippen molar-refractivity contribution >= 4 is 17.5 Å². The quantitative estimate of drug-likeness (QED) is 0.817. The number of carbonyl (C=O) groups excluding carboxylic acids is 1. The van der Waals surface area contributed by atoms with Gasteiger partial charge in [0, 0.05) is 19.1 Å². The van der Waals surface area contributed by atoms with Crippen LogP contribution in [0.3, 0.4) is 0 Å². The number of amides is 1. The van der Waals surface area contributed by atoms with Crippen molar-refractivity contribution in [2.75, 3.05) is 13.1 Å². The molecule has 0 aliphatic carbocycles. The Bertz CT molecular complexity index is 464. The third-order valence-corrected chi connectivity index (χ3v) is 3.77.